The maximum atomic E-state index is 12.4. The molecule has 0 aliphatic carbocycles. The number of rotatable bonds is 2. The predicted molar refractivity (Wildman–Crippen MR) is 76.1 cm³/mol. The third-order valence-electron chi connectivity index (χ3n) is 4.30. The lowest BCUT2D eigenvalue weighted by Crippen LogP contribution is -2.59. The minimum Gasteiger partial charge on any atom is -0.479 e. The van der Waals surface area contributed by atoms with Crippen molar-refractivity contribution in [3.63, 3.8) is 0 Å². The number of aliphatic carboxylic acids is 1. The van der Waals surface area contributed by atoms with Gasteiger partial charge in [0, 0.05) is 19.8 Å². The highest BCUT2D eigenvalue weighted by molar-refractivity contribution is 5.85. The molecule has 1 atom stereocenters. The molecule has 2 saturated heterocycles. The molecule has 6 nitrogen and oxygen atoms in total. The summed E-state index contributed by atoms with van der Waals surface area (Å²) in [4.78, 5) is 25.9. The molecule has 0 bridgehead atoms. The highest BCUT2D eigenvalue weighted by atomic mass is 16.6. The molecule has 21 heavy (non-hydrogen) atoms. The lowest BCUT2D eigenvalue weighted by molar-refractivity contribution is -0.155. The molecule has 0 aromatic heterocycles. The molecule has 1 N–H and O–H groups in total. The van der Waals surface area contributed by atoms with E-state index >= 15 is 0 Å². The molecular formula is C15H25NO5. The molecule has 2 aliphatic heterocycles. The summed E-state index contributed by atoms with van der Waals surface area (Å²) >= 11 is 0. The molecular weight excluding hydrogens is 274 g/mol. The van der Waals surface area contributed by atoms with E-state index in [1.165, 1.54) is 4.90 Å². The lowest BCUT2D eigenvalue weighted by Gasteiger charge is -2.42. The summed E-state index contributed by atoms with van der Waals surface area (Å²) in [5, 5.41) is 9.84. The van der Waals surface area contributed by atoms with Crippen molar-refractivity contribution in [3.8, 4) is 0 Å². The van der Waals surface area contributed by atoms with Gasteiger partial charge in [-0.3, -0.25) is 4.90 Å². The molecule has 2 aliphatic rings. The molecule has 0 unspecified atom stereocenters. The SMILES string of the molecule is CC(C)(C)OC(=O)N1CCC[C@]1(C(=O)O)C1CCOCC1. The van der Waals surface area contributed by atoms with E-state index in [1.54, 1.807) is 20.8 Å². The van der Waals surface area contributed by atoms with Crippen molar-refractivity contribution < 1.29 is 24.2 Å². The van der Waals surface area contributed by atoms with E-state index in [4.69, 9.17) is 9.47 Å². The summed E-state index contributed by atoms with van der Waals surface area (Å²) in [5.41, 5.74) is -1.76. The summed E-state index contributed by atoms with van der Waals surface area (Å²) in [6.45, 7) is 6.93. The van der Waals surface area contributed by atoms with Crippen LogP contribution in [0.1, 0.15) is 46.5 Å². The molecule has 1 amide bonds. The van der Waals surface area contributed by atoms with Gasteiger partial charge in [-0.15, -0.1) is 0 Å². The van der Waals surface area contributed by atoms with Crippen LogP contribution in [0.3, 0.4) is 0 Å². The van der Waals surface area contributed by atoms with E-state index in [2.05, 4.69) is 0 Å². The summed E-state index contributed by atoms with van der Waals surface area (Å²) in [6.07, 6.45) is 2.01. The van der Waals surface area contributed by atoms with Crippen LogP contribution in [-0.2, 0) is 14.3 Å². The standard InChI is InChI=1S/C15H25NO5/c1-14(2,3)21-13(19)16-8-4-7-15(16,12(17)18)11-5-9-20-10-6-11/h11H,4-10H2,1-3H3,(H,17,18)/t15-/m1/s1. The van der Waals surface area contributed by atoms with Crippen LogP contribution < -0.4 is 0 Å². The zero-order chi connectivity index (χ0) is 15.7. The van der Waals surface area contributed by atoms with Crippen LogP contribution in [0.2, 0.25) is 0 Å². The molecule has 0 aromatic carbocycles. The molecule has 0 saturated carbocycles. The van der Waals surface area contributed by atoms with Crippen LogP contribution in [0.4, 0.5) is 4.79 Å². The van der Waals surface area contributed by atoms with E-state index in [-0.39, 0.29) is 5.92 Å². The number of carbonyl (C=O) groups is 2. The third-order valence-corrected chi connectivity index (χ3v) is 4.30. The fourth-order valence-corrected chi connectivity index (χ4v) is 3.41. The molecule has 2 heterocycles. The maximum absolute atomic E-state index is 12.4. The highest BCUT2D eigenvalue weighted by Gasteiger charge is 2.56. The monoisotopic (exact) mass is 299 g/mol. The van der Waals surface area contributed by atoms with Gasteiger partial charge in [-0.25, -0.2) is 9.59 Å². The number of amides is 1. The number of carboxylic acid groups (broad SMARTS) is 1. The predicted octanol–water partition coefficient (Wildman–Crippen LogP) is 2.27. The van der Waals surface area contributed by atoms with Crippen molar-refractivity contribution in [2.24, 2.45) is 5.92 Å². The van der Waals surface area contributed by atoms with Gasteiger partial charge in [0.05, 0.1) is 0 Å². The minimum absolute atomic E-state index is 0.0706. The summed E-state index contributed by atoms with van der Waals surface area (Å²) in [6, 6.07) is 0. The molecule has 2 fully saturated rings. The molecule has 2 rings (SSSR count). The Kier molecular flexibility index (Phi) is 4.46. The number of likely N-dealkylation sites (tertiary alicyclic amines) is 1. The summed E-state index contributed by atoms with van der Waals surface area (Å²) in [5.74, 6) is -0.989. The Morgan fingerprint density at radius 3 is 2.43 bits per heavy atom. The Hall–Kier alpha value is -1.30. The minimum atomic E-state index is -1.13. The van der Waals surface area contributed by atoms with Crippen molar-refractivity contribution in [3.05, 3.63) is 0 Å². The summed E-state index contributed by atoms with van der Waals surface area (Å²) in [7, 11) is 0. The third kappa shape index (κ3) is 3.15. The van der Waals surface area contributed by atoms with E-state index in [0.717, 1.165) is 0 Å². The Labute approximate surface area is 125 Å². The molecule has 0 aromatic rings. The van der Waals surface area contributed by atoms with Crippen molar-refractivity contribution in [1.29, 1.82) is 0 Å². The van der Waals surface area contributed by atoms with Gasteiger partial charge in [-0.1, -0.05) is 0 Å². The number of carbonyl (C=O) groups excluding carboxylic acids is 1. The first kappa shape index (κ1) is 16.1. The zero-order valence-electron chi connectivity index (χ0n) is 13.1. The first-order chi connectivity index (χ1) is 9.77. The van der Waals surface area contributed by atoms with Gasteiger partial charge < -0.3 is 14.6 Å². The second kappa shape index (κ2) is 5.83. The molecule has 0 spiro atoms. The first-order valence-electron chi connectivity index (χ1n) is 7.59. The zero-order valence-corrected chi connectivity index (χ0v) is 13.1. The number of ether oxygens (including phenoxy) is 2. The van der Waals surface area contributed by atoms with E-state index < -0.39 is 23.2 Å². The van der Waals surface area contributed by atoms with Crippen LogP contribution >= 0.6 is 0 Å². The van der Waals surface area contributed by atoms with Crippen LogP contribution in [0.5, 0.6) is 0 Å². The van der Waals surface area contributed by atoms with Gasteiger partial charge in [0.15, 0.2) is 0 Å². The molecule has 120 valence electrons. The Bertz CT molecular complexity index is 411. The fourth-order valence-electron chi connectivity index (χ4n) is 3.41. The maximum Gasteiger partial charge on any atom is 0.411 e. The smallest absolute Gasteiger partial charge is 0.411 e. The Balaban J connectivity index is 2.25. The molecule has 6 heteroatoms. The summed E-state index contributed by atoms with van der Waals surface area (Å²) < 4.78 is 10.7. The average Bonchev–Trinajstić information content (AvgIpc) is 2.83. The van der Waals surface area contributed by atoms with Crippen molar-refractivity contribution in [1.82, 2.24) is 4.90 Å². The van der Waals surface area contributed by atoms with Crippen molar-refractivity contribution >= 4 is 12.1 Å². The molecule has 0 radical (unpaired) electrons. The second-order valence-corrected chi connectivity index (χ2v) is 6.85. The van der Waals surface area contributed by atoms with Gasteiger partial charge in [0.25, 0.3) is 0 Å². The number of hydrogen-bond acceptors (Lipinski definition) is 4. The second-order valence-electron chi connectivity index (χ2n) is 6.85. The van der Waals surface area contributed by atoms with Crippen molar-refractivity contribution in [2.45, 2.75) is 57.6 Å². The van der Waals surface area contributed by atoms with E-state index in [0.29, 0.717) is 45.4 Å². The Morgan fingerprint density at radius 1 is 1.29 bits per heavy atom. The largest absolute Gasteiger partial charge is 0.479 e. The number of hydrogen-bond donors (Lipinski definition) is 1. The van der Waals surface area contributed by atoms with Crippen LogP contribution in [-0.4, -0.2) is 53.0 Å². The van der Waals surface area contributed by atoms with Gasteiger partial charge in [-0.05, 0) is 52.4 Å². The number of carboxylic acids is 1. The van der Waals surface area contributed by atoms with Gasteiger partial charge >= 0.3 is 12.1 Å². The van der Waals surface area contributed by atoms with Crippen LogP contribution in [0.25, 0.3) is 0 Å². The topological polar surface area (TPSA) is 76.1 Å². The highest BCUT2D eigenvalue weighted by Crippen LogP contribution is 2.41. The van der Waals surface area contributed by atoms with Crippen LogP contribution in [0.15, 0.2) is 0 Å². The van der Waals surface area contributed by atoms with Gasteiger partial charge in [0.1, 0.15) is 11.1 Å². The first-order valence-corrected chi connectivity index (χ1v) is 7.59. The van der Waals surface area contributed by atoms with Crippen molar-refractivity contribution in [2.75, 3.05) is 19.8 Å². The van der Waals surface area contributed by atoms with E-state index in [9.17, 15) is 14.7 Å². The fraction of sp³-hybridized carbons (Fsp3) is 0.867. The lowest BCUT2D eigenvalue weighted by atomic mass is 9.77. The Morgan fingerprint density at radius 2 is 1.90 bits per heavy atom. The van der Waals surface area contributed by atoms with Gasteiger partial charge in [0.2, 0.25) is 0 Å². The average molecular weight is 299 g/mol. The van der Waals surface area contributed by atoms with Gasteiger partial charge in [-0.2, -0.15) is 0 Å². The van der Waals surface area contributed by atoms with Crippen LogP contribution in [0, 0.1) is 5.92 Å². The van der Waals surface area contributed by atoms with E-state index in [1.807, 2.05) is 0 Å². The normalized spacial score (nSPS) is 27.7. The number of nitrogens with zero attached hydrogens (tertiary/aromatic N) is 1. The quantitative estimate of drug-likeness (QED) is 0.846.